The highest BCUT2D eigenvalue weighted by molar-refractivity contribution is 7.12. The van der Waals surface area contributed by atoms with Crippen LogP contribution in [0.25, 0.3) is 0 Å². The quantitative estimate of drug-likeness (QED) is 0.754. The van der Waals surface area contributed by atoms with Gasteiger partial charge in [-0.1, -0.05) is 27.7 Å². The van der Waals surface area contributed by atoms with E-state index in [1.807, 2.05) is 25.3 Å². The number of carbonyl (C=O) groups is 1. The van der Waals surface area contributed by atoms with E-state index in [0.29, 0.717) is 12.5 Å². The zero-order valence-electron chi connectivity index (χ0n) is 12.3. The molecule has 0 aromatic carbocycles. The summed E-state index contributed by atoms with van der Waals surface area (Å²) in [5, 5.41) is 14.1. The van der Waals surface area contributed by atoms with Crippen molar-refractivity contribution < 1.29 is 9.90 Å². The predicted molar refractivity (Wildman–Crippen MR) is 80.8 cm³/mol. The molecular weight excluding hydrogens is 258 g/mol. The van der Waals surface area contributed by atoms with Crippen LogP contribution in [-0.2, 0) is 0 Å². The van der Waals surface area contributed by atoms with Gasteiger partial charge in [0, 0.05) is 13.2 Å². The third-order valence-corrected chi connectivity index (χ3v) is 4.20. The maximum absolute atomic E-state index is 12.1. The van der Waals surface area contributed by atoms with Gasteiger partial charge >= 0.3 is 0 Å². The molecule has 0 saturated carbocycles. The Hall–Kier alpha value is -0.870. The van der Waals surface area contributed by atoms with Crippen LogP contribution in [0, 0.1) is 5.41 Å². The minimum atomic E-state index is -0.0588. The first-order chi connectivity index (χ1) is 8.87. The Morgan fingerprint density at radius 1 is 1.47 bits per heavy atom. The van der Waals surface area contributed by atoms with Crippen LogP contribution in [0.3, 0.4) is 0 Å². The molecule has 1 amide bonds. The predicted octanol–water partition coefficient (Wildman–Crippen LogP) is 3.40. The van der Waals surface area contributed by atoms with E-state index in [9.17, 15) is 4.79 Å². The molecule has 2 N–H and O–H groups in total. The highest BCUT2D eigenvalue weighted by Gasteiger charge is 2.17. The van der Waals surface area contributed by atoms with Gasteiger partial charge in [0.25, 0.3) is 5.91 Å². The second-order valence-electron chi connectivity index (χ2n) is 6.04. The molecule has 0 aliphatic carbocycles. The SMILES string of the molecule is CC(C)c1ccsc1C(=O)NCCCC(C)(C)CO. The summed E-state index contributed by atoms with van der Waals surface area (Å²) in [6.07, 6.45) is 1.80. The molecule has 1 aromatic rings. The van der Waals surface area contributed by atoms with E-state index < -0.39 is 0 Å². The van der Waals surface area contributed by atoms with Crippen molar-refractivity contribution in [2.45, 2.75) is 46.5 Å². The van der Waals surface area contributed by atoms with Gasteiger partial charge in [0.2, 0.25) is 0 Å². The van der Waals surface area contributed by atoms with Crippen LogP contribution < -0.4 is 5.32 Å². The molecule has 1 heterocycles. The molecule has 108 valence electrons. The average molecular weight is 283 g/mol. The van der Waals surface area contributed by atoms with E-state index in [-0.39, 0.29) is 17.9 Å². The molecular formula is C15H25NO2S. The largest absolute Gasteiger partial charge is 0.396 e. The maximum atomic E-state index is 12.1. The van der Waals surface area contributed by atoms with E-state index >= 15 is 0 Å². The summed E-state index contributed by atoms with van der Waals surface area (Å²) in [5.41, 5.74) is 1.06. The van der Waals surface area contributed by atoms with Crippen LogP contribution in [0.15, 0.2) is 11.4 Å². The minimum absolute atomic E-state index is 0.0282. The van der Waals surface area contributed by atoms with Gasteiger partial charge in [-0.2, -0.15) is 0 Å². The lowest BCUT2D eigenvalue weighted by Crippen LogP contribution is -2.26. The van der Waals surface area contributed by atoms with Crippen molar-refractivity contribution in [2.24, 2.45) is 5.41 Å². The Labute approximate surface area is 120 Å². The molecule has 1 rings (SSSR count). The van der Waals surface area contributed by atoms with Crippen LogP contribution in [-0.4, -0.2) is 24.2 Å². The van der Waals surface area contributed by atoms with Gasteiger partial charge in [-0.25, -0.2) is 0 Å². The van der Waals surface area contributed by atoms with Crippen LogP contribution in [0.4, 0.5) is 0 Å². The Morgan fingerprint density at radius 2 is 2.16 bits per heavy atom. The number of hydrogen-bond donors (Lipinski definition) is 2. The molecule has 0 saturated heterocycles. The monoisotopic (exact) mass is 283 g/mol. The normalized spacial score (nSPS) is 11.9. The topological polar surface area (TPSA) is 49.3 Å². The van der Waals surface area contributed by atoms with Crippen molar-refractivity contribution in [3.63, 3.8) is 0 Å². The van der Waals surface area contributed by atoms with E-state index in [4.69, 9.17) is 5.11 Å². The minimum Gasteiger partial charge on any atom is -0.396 e. The molecule has 1 aromatic heterocycles. The van der Waals surface area contributed by atoms with Gasteiger partial charge < -0.3 is 10.4 Å². The number of hydrogen-bond acceptors (Lipinski definition) is 3. The third kappa shape index (κ3) is 4.96. The average Bonchev–Trinajstić information content (AvgIpc) is 2.83. The lowest BCUT2D eigenvalue weighted by Gasteiger charge is -2.21. The zero-order chi connectivity index (χ0) is 14.5. The Balaban J connectivity index is 2.42. The molecule has 0 aliphatic heterocycles. The summed E-state index contributed by atoms with van der Waals surface area (Å²) in [6.45, 7) is 9.11. The Bertz CT molecular complexity index is 410. The fraction of sp³-hybridized carbons (Fsp3) is 0.667. The summed E-state index contributed by atoms with van der Waals surface area (Å²) in [4.78, 5) is 12.9. The number of thiophene rings is 1. The van der Waals surface area contributed by atoms with Crippen molar-refractivity contribution in [1.82, 2.24) is 5.32 Å². The number of aliphatic hydroxyl groups is 1. The number of nitrogens with one attached hydrogen (secondary N) is 1. The fourth-order valence-corrected chi connectivity index (χ4v) is 2.86. The highest BCUT2D eigenvalue weighted by atomic mass is 32.1. The molecule has 0 bridgehead atoms. The Kier molecular flexibility index (Phi) is 6.01. The van der Waals surface area contributed by atoms with Crippen LogP contribution in [0.5, 0.6) is 0 Å². The van der Waals surface area contributed by atoms with Crippen LogP contribution in [0.2, 0.25) is 0 Å². The van der Waals surface area contributed by atoms with E-state index in [2.05, 4.69) is 19.2 Å². The zero-order valence-corrected chi connectivity index (χ0v) is 13.1. The number of amides is 1. The number of aliphatic hydroxyl groups excluding tert-OH is 1. The smallest absolute Gasteiger partial charge is 0.261 e. The van der Waals surface area contributed by atoms with Crippen molar-refractivity contribution in [3.8, 4) is 0 Å². The first-order valence-corrected chi connectivity index (χ1v) is 7.72. The fourth-order valence-electron chi connectivity index (χ4n) is 1.89. The van der Waals surface area contributed by atoms with Gasteiger partial charge in [-0.15, -0.1) is 11.3 Å². The van der Waals surface area contributed by atoms with E-state index in [1.165, 1.54) is 11.3 Å². The van der Waals surface area contributed by atoms with Crippen LogP contribution in [0.1, 0.15) is 61.7 Å². The summed E-state index contributed by atoms with van der Waals surface area (Å²) < 4.78 is 0. The maximum Gasteiger partial charge on any atom is 0.261 e. The lowest BCUT2D eigenvalue weighted by atomic mass is 9.89. The molecule has 0 unspecified atom stereocenters. The molecule has 0 atom stereocenters. The van der Waals surface area contributed by atoms with Gasteiger partial charge in [0.05, 0.1) is 4.88 Å². The molecule has 4 heteroatoms. The van der Waals surface area contributed by atoms with Gasteiger partial charge in [-0.3, -0.25) is 4.79 Å². The third-order valence-electron chi connectivity index (χ3n) is 3.27. The van der Waals surface area contributed by atoms with E-state index in [1.54, 1.807) is 0 Å². The van der Waals surface area contributed by atoms with Crippen molar-refractivity contribution in [3.05, 3.63) is 21.9 Å². The summed E-state index contributed by atoms with van der Waals surface area (Å²) in [7, 11) is 0. The van der Waals surface area contributed by atoms with E-state index in [0.717, 1.165) is 23.3 Å². The summed E-state index contributed by atoms with van der Waals surface area (Å²) in [5.74, 6) is 0.404. The molecule has 0 spiro atoms. The molecule has 19 heavy (non-hydrogen) atoms. The first-order valence-electron chi connectivity index (χ1n) is 6.84. The van der Waals surface area contributed by atoms with Gasteiger partial charge in [0.15, 0.2) is 0 Å². The number of carbonyl (C=O) groups excluding carboxylic acids is 1. The van der Waals surface area contributed by atoms with Crippen molar-refractivity contribution >= 4 is 17.2 Å². The first kappa shape index (κ1) is 16.2. The number of rotatable bonds is 7. The highest BCUT2D eigenvalue weighted by Crippen LogP contribution is 2.24. The van der Waals surface area contributed by atoms with Crippen LogP contribution >= 0.6 is 11.3 Å². The molecule has 0 aliphatic rings. The molecule has 0 fully saturated rings. The standard InChI is InChI=1S/C15H25NO2S/c1-11(2)12-6-9-19-13(12)14(18)16-8-5-7-15(3,4)10-17/h6,9,11,17H,5,7-8,10H2,1-4H3,(H,16,18). The van der Waals surface area contributed by atoms with Crippen molar-refractivity contribution in [1.29, 1.82) is 0 Å². The second-order valence-corrected chi connectivity index (χ2v) is 6.96. The summed E-state index contributed by atoms with van der Waals surface area (Å²) in [6, 6.07) is 2.03. The molecule has 0 radical (unpaired) electrons. The second kappa shape index (κ2) is 7.06. The lowest BCUT2D eigenvalue weighted by molar-refractivity contribution is 0.0951. The van der Waals surface area contributed by atoms with Gasteiger partial charge in [0.1, 0.15) is 0 Å². The van der Waals surface area contributed by atoms with Gasteiger partial charge in [-0.05, 0) is 41.2 Å². The van der Waals surface area contributed by atoms with Crippen molar-refractivity contribution in [2.75, 3.05) is 13.2 Å². The Morgan fingerprint density at radius 3 is 2.74 bits per heavy atom. The molecule has 3 nitrogen and oxygen atoms in total. The summed E-state index contributed by atoms with van der Waals surface area (Å²) >= 11 is 1.50.